The summed E-state index contributed by atoms with van der Waals surface area (Å²) in [4.78, 5) is 43.8. The fourth-order valence-corrected chi connectivity index (χ4v) is 4.17. The van der Waals surface area contributed by atoms with Gasteiger partial charge in [-0.25, -0.2) is 9.78 Å². The Balaban J connectivity index is 1.98. The molecule has 0 spiro atoms. The zero-order chi connectivity index (χ0) is 22.3. The molecule has 0 bridgehead atoms. The lowest BCUT2D eigenvalue weighted by Crippen LogP contribution is -2.36. The number of pyridine rings is 1. The number of aryl methyl sites for hydroxylation is 2. The highest BCUT2D eigenvalue weighted by Crippen LogP contribution is 2.34. The van der Waals surface area contributed by atoms with Crippen LogP contribution < -0.4 is 10.6 Å². The molecule has 30 heavy (non-hydrogen) atoms. The number of hydrogen-bond acceptors (Lipinski definition) is 7. The van der Waals surface area contributed by atoms with Gasteiger partial charge >= 0.3 is 5.97 Å². The molecule has 2 aromatic heterocycles. The summed E-state index contributed by atoms with van der Waals surface area (Å²) in [6.45, 7) is 7.74. The van der Waals surface area contributed by atoms with E-state index in [1.165, 1.54) is 11.3 Å². The number of esters is 1. The minimum absolute atomic E-state index is 0.00463. The van der Waals surface area contributed by atoms with Crippen LogP contribution in [-0.4, -0.2) is 54.4 Å². The predicted molar refractivity (Wildman–Crippen MR) is 118 cm³/mol. The number of rotatable bonds is 9. The maximum Gasteiger partial charge on any atom is 0.341 e. The third kappa shape index (κ3) is 6.36. The summed E-state index contributed by atoms with van der Waals surface area (Å²) >= 11 is 1.35. The molecule has 2 aromatic rings. The zero-order valence-corrected chi connectivity index (χ0v) is 18.8. The van der Waals surface area contributed by atoms with E-state index < -0.39 is 5.97 Å². The van der Waals surface area contributed by atoms with Crippen LogP contribution in [0.5, 0.6) is 0 Å². The maximum absolute atomic E-state index is 12.5. The highest BCUT2D eigenvalue weighted by atomic mass is 32.1. The van der Waals surface area contributed by atoms with E-state index in [1.807, 2.05) is 32.9 Å². The Kier molecular flexibility index (Phi) is 8.49. The molecular formula is C21H28N4O4S. The van der Waals surface area contributed by atoms with Crippen LogP contribution in [0.25, 0.3) is 0 Å². The number of carbonyl (C=O) groups is 3. The number of likely N-dealkylation sites (N-methyl/N-ethyl adjacent to an activating group) is 1. The van der Waals surface area contributed by atoms with E-state index >= 15 is 0 Å². The maximum atomic E-state index is 12.5. The van der Waals surface area contributed by atoms with Crippen LogP contribution in [-0.2, 0) is 20.7 Å². The molecule has 8 nitrogen and oxygen atoms in total. The van der Waals surface area contributed by atoms with Gasteiger partial charge in [-0.15, -0.1) is 11.3 Å². The van der Waals surface area contributed by atoms with Crippen LogP contribution in [0.4, 0.5) is 10.8 Å². The van der Waals surface area contributed by atoms with Gasteiger partial charge in [-0.2, -0.15) is 0 Å². The highest BCUT2D eigenvalue weighted by Gasteiger charge is 2.23. The Morgan fingerprint density at radius 3 is 2.37 bits per heavy atom. The Bertz CT molecular complexity index is 926. The SMILES string of the molecule is CCOC(=O)c1c(NC(=O)CN(C)CC(=O)Nc2cccc(C)n2)sc(C)c1CC. The Labute approximate surface area is 180 Å². The Hall–Kier alpha value is -2.78. The van der Waals surface area contributed by atoms with Crippen molar-refractivity contribution in [1.82, 2.24) is 9.88 Å². The molecule has 0 aromatic carbocycles. The first-order chi connectivity index (χ1) is 14.2. The standard InChI is InChI=1S/C21H28N4O4S/c1-6-15-14(4)30-20(19(15)21(28)29-7-2)24-18(27)12-25(5)11-17(26)23-16-10-8-9-13(3)22-16/h8-10H,6-7,11-12H2,1-5H3,(H,24,27)(H,22,23,26). The Morgan fingerprint density at radius 1 is 1.10 bits per heavy atom. The quantitative estimate of drug-likeness (QED) is 0.591. The van der Waals surface area contributed by atoms with Crippen molar-refractivity contribution in [1.29, 1.82) is 0 Å². The number of nitrogens with zero attached hydrogens (tertiary/aromatic N) is 2. The van der Waals surface area contributed by atoms with Crippen LogP contribution in [0.2, 0.25) is 0 Å². The molecule has 9 heteroatoms. The molecule has 0 radical (unpaired) electrons. The number of hydrogen-bond donors (Lipinski definition) is 2. The summed E-state index contributed by atoms with van der Waals surface area (Å²) < 4.78 is 5.15. The molecule has 162 valence electrons. The van der Waals surface area contributed by atoms with Crippen molar-refractivity contribution < 1.29 is 19.1 Å². The van der Waals surface area contributed by atoms with Gasteiger partial charge < -0.3 is 15.4 Å². The molecule has 2 heterocycles. The summed E-state index contributed by atoms with van der Waals surface area (Å²) in [5.41, 5.74) is 2.10. The minimum Gasteiger partial charge on any atom is -0.462 e. The first kappa shape index (κ1) is 23.5. The number of ether oxygens (including phenoxy) is 1. The predicted octanol–water partition coefficient (Wildman–Crippen LogP) is 3.01. The molecule has 2 N–H and O–H groups in total. The number of nitrogens with one attached hydrogen (secondary N) is 2. The van der Waals surface area contributed by atoms with Gasteiger partial charge in [-0.05, 0) is 51.9 Å². The second-order valence-electron chi connectivity index (χ2n) is 6.85. The molecule has 0 fully saturated rings. The summed E-state index contributed by atoms with van der Waals surface area (Å²) in [7, 11) is 1.67. The van der Waals surface area contributed by atoms with Gasteiger partial charge in [0.05, 0.1) is 25.3 Å². The number of aromatic nitrogens is 1. The van der Waals surface area contributed by atoms with E-state index in [-0.39, 0.29) is 31.5 Å². The van der Waals surface area contributed by atoms with E-state index in [2.05, 4.69) is 15.6 Å². The van der Waals surface area contributed by atoms with E-state index in [0.29, 0.717) is 22.8 Å². The molecule has 0 aliphatic carbocycles. The molecule has 0 aliphatic rings. The molecule has 0 aliphatic heterocycles. The third-order valence-electron chi connectivity index (χ3n) is 4.28. The number of anilines is 2. The van der Waals surface area contributed by atoms with Crippen LogP contribution in [0, 0.1) is 13.8 Å². The van der Waals surface area contributed by atoms with E-state index in [9.17, 15) is 14.4 Å². The van der Waals surface area contributed by atoms with Crippen molar-refractivity contribution in [3.8, 4) is 0 Å². The molecule has 0 atom stereocenters. The summed E-state index contributed by atoms with van der Waals surface area (Å²) in [5.74, 6) is -0.547. The van der Waals surface area contributed by atoms with E-state index in [1.54, 1.807) is 24.9 Å². The van der Waals surface area contributed by atoms with E-state index in [4.69, 9.17) is 4.74 Å². The van der Waals surface area contributed by atoms with Crippen molar-refractivity contribution in [3.05, 3.63) is 39.9 Å². The molecule has 0 saturated heterocycles. The van der Waals surface area contributed by atoms with Gasteiger partial charge in [0.15, 0.2) is 0 Å². The van der Waals surface area contributed by atoms with Crippen molar-refractivity contribution in [2.75, 3.05) is 37.4 Å². The average molecular weight is 433 g/mol. The smallest absolute Gasteiger partial charge is 0.341 e. The number of amides is 2. The lowest BCUT2D eigenvalue weighted by atomic mass is 10.1. The highest BCUT2D eigenvalue weighted by molar-refractivity contribution is 7.16. The topological polar surface area (TPSA) is 101 Å². The lowest BCUT2D eigenvalue weighted by Gasteiger charge is -2.16. The third-order valence-corrected chi connectivity index (χ3v) is 5.34. The molecular weight excluding hydrogens is 404 g/mol. The van der Waals surface area contributed by atoms with E-state index in [0.717, 1.165) is 16.1 Å². The largest absolute Gasteiger partial charge is 0.462 e. The zero-order valence-electron chi connectivity index (χ0n) is 18.0. The van der Waals surface area contributed by atoms with Crippen LogP contribution in [0.3, 0.4) is 0 Å². The van der Waals surface area contributed by atoms with Crippen LogP contribution >= 0.6 is 11.3 Å². The van der Waals surface area contributed by atoms with Gasteiger partial charge in [-0.1, -0.05) is 13.0 Å². The van der Waals surface area contributed by atoms with Crippen LogP contribution in [0.15, 0.2) is 18.2 Å². The first-order valence-corrected chi connectivity index (χ1v) is 10.6. The van der Waals surface area contributed by atoms with Crippen LogP contribution in [0.1, 0.15) is 40.3 Å². The molecule has 2 amide bonds. The Morgan fingerprint density at radius 2 is 1.77 bits per heavy atom. The summed E-state index contributed by atoms with van der Waals surface area (Å²) in [6, 6.07) is 5.36. The molecule has 0 unspecified atom stereocenters. The van der Waals surface area contributed by atoms with Gasteiger partial charge in [0.1, 0.15) is 10.8 Å². The van der Waals surface area contributed by atoms with Crippen molar-refractivity contribution >= 4 is 39.9 Å². The summed E-state index contributed by atoms with van der Waals surface area (Å²) in [6.07, 6.45) is 0.666. The fraction of sp³-hybridized carbons (Fsp3) is 0.429. The monoisotopic (exact) mass is 432 g/mol. The van der Waals surface area contributed by atoms with Gasteiger partial charge in [0.2, 0.25) is 11.8 Å². The summed E-state index contributed by atoms with van der Waals surface area (Å²) in [5, 5.41) is 5.99. The van der Waals surface area contributed by atoms with Crippen molar-refractivity contribution in [2.24, 2.45) is 0 Å². The van der Waals surface area contributed by atoms with Gasteiger partial charge in [0, 0.05) is 10.6 Å². The lowest BCUT2D eigenvalue weighted by molar-refractivity contribution is -0.119. The van der Waals surface area contributed by atoms with Gasteiger partial charge in [-0.3, -0.25) is 14.5 Å². The van der Waals surface area contributed by atoms with Crippen molar-refractivity contribution in [3.63, 3.8) is 0 Å². The molecule has 2 rings (SSSR count). The number of carbonyl (C=O) groups excluding carboxylic acids is 3. The molecule has 0 saturated carbocycles. The second kappa shape index (κ2) is 10.8. The van der Waals surface area contributed by atoms with Gasteiger partial charge in [0.25, 0.3) is 0 Å². The fourth-order valence-electron chi connectivity index (χ4n) is 3.02. The van der Waals surface area contributed by atoms with Crippen molar-refractivity contribution in [2.45, 2.75) is 34.1 Å². The number of thiophene rings is 1. The minimum atomic E-state index is -0.438. The first-order valence-electron chi connectivity index (χ1n) is 9.76. The normalized spacial score (nSPS) is 10.7. The average Bonchev–Trinajstić information content (AvgIpc) is 2.96. The second-order valence-corrected chi connectivity index (χ2v) is 8.07.